The molecule has 0 radical (unpaired) electrons. The van der Waals surface area contributed by atoms with Gasteiger partial charge in [0.15, 0.2) is 0 Å². The van der Waals surface area contributed by atoms with Crippen molar-refractivity contribution in [2.45, 2.75) is 13.5 Å². The van der Waals surface area contributed by atoms with Crippen molar-refractivity contribution in [1.82, 2.24) is 4.90 Å². The average molecular weight is 211 g/mol. The molecule has 0 aromatic heterocycles. The van der Waals surface area contributed by atoms with Gasteiger partial charge in [-0.05, 0) is 24.6 Å². The molecule has 0 saturated carbocycles. The molecule has 0 bridgehead atoms. The van der Waals surface area contributed by atoms with Crippen LogP contribution in [0.5, 0.6) is 0 Å². The van der Waals surface area contributed by atoms with Crippen molar-refractivity contribution < 1.29 is 13.9 Å². The van der Waals surface area contributed by atoms with Crippen molar-refractivity contribution >= 4 is 6.09 Å². The maximum atomic E-state index is 12.8. The van der Waals surface area contributed by atoms with Crippen LogP contribution in [0.15, 0.2) is 24.3 Å². The van der Waals surface area contributed by atoms with Gasteiger partial charge in [0.2, 0.25) is 0 Å². The fourth-order valence-electron chi connectivity index (χ4n) is 1.21. The first-order valence-corrected chi connectivity index (χ1v) is 4.75. The Labute approximate surface area is 88.5 Å². The summed E-state index contributed by atoms with van der Waals surface area (Å²) in [6.45, 7) is 2.43. The van der Waals surface area contributed by atoms with E-state index in [1.165, 1.54) is 17.0 Å². The summed E-state index contributed by atoms with van der Waals surface area (Å²) in [5.41, 5.74) is 0.741. The Balaban J connectivity index is 2.58. The van der Waals surface area contributed by atoms with Crippen LogP contribution in [0.25, 0.3) is 0 Å². The molecule has 0 aliphatic rings. The smallest absolute Gasteiger partial charge is 0.409 e. The Morgan fingerprint density at radius 1 is 1.53 bits per heavy atom. The van der Waals surface area contributed by atoms with Gasteiger partial charge in [0.05, 0.1) is 6.61 Å². The molecule has 0 aliphatic carbocycles. The van der Waals surface area contributed by atoms with Gasteiger partial charge in [0.1, 0.15) is 5.82 Å². The van der Waals surface area contributed by atoms with Crippen molar-refractivity contribution in [2.24, 2.45) is 0 Å². The summed E-state index contributed by atoms with van der Waals surface area (Å²) in [4.78, 5) is 12.6. The van der Waals surface area contributed by atoms with Crippen molar-refractivity contribution in [2.75, 3.05) is 13.7 Å². The number of carbonyl (C=O) groups excluding carboxylic acids is 1. The molecular weight excluding hydrogens is 197 g/mol. The van der Waals surface area contributed by atoms with Crippen LogP contribution in [0.4, 0.5) is 9.18 Å². The third-order valence-electron chi connectivity index (χ3n) is 1.89. The van der Waals surface area contributed by atoms with Crippen LogP contribution < -0.4 is 0 Å². The SMILES string of the molecule is CCOC(=O)N(C)Cc1cccc(F)c1. The zero-order valence-electron chi connectivity index (χ0n) is 8.87. The number of hydrogen-bond acceptors (Lipinski definition) is 2. The summed E-state index contributed by atoms with van der Waals surface area (Å²) < 4.78 is 17.6. The lowest BCUT2D eigenvalue weighted by Crippen LogP contribution is -2.26. The molecule has 1 rings (SSSR count). The number of ether oxygens (including phenoxy) is 1. The van der Waals surface area contributed by atoms with Crippen LogP contribution in [0.1, 0.15) is 12.5 Å². The van der Waals surface area contributed by atoms with Gasteiger partial charge in [0, 0.05) is 13.6 Å². The van der Waals surface area contributed by atoms with E-state index in [2.05, 4.69) is 0 Å². The molecule has 1 aromatic rings. The average Bonchev–Trinajstić information content (AvgIpc) is 2.18. The van der Waals surface area contributed by atoms with Gasteiger partial charge in [-0.2, -0.15) is 0 Å². The van der Waals surface area contributed by atoms with E-state index in [1.54, 1.807) is 26.1 Å². The molecule has 0 atom stereocenters. The Morgan fingerprint density at radius 2 is 2.27 bits per heavy atom. The second-order valence-electron chi connectivity index (χ2n) is 3.18. The van der Waals surface area contributed by atoms with Gasteiger partial charge in [-0.25, -0.2) is 9.18 Å². The Bertz CT molecular complexity index is 341. The first kappa shape index (κ1) is 11.5. The molecule has 0 unspecified atom stereocenters. The van der Waals surface area contributed by atoms with Crippen molar-refractivity contribution in [3.05, 3.63) is 35.6 Å². The van der Waals surface area contributed by atoms with E-state index in [0.29, 0.717) is 13.2 Å². The zero-order valence-corrected chi connectivity index (χ0v) is 8.87. The van der Waals surface area contributed by atoms with Crippen LogP contribution in [-0.4, -0.2) is 24.6 Å². The minimum Gasteiger partial charge on any atom is -0.450 e. The Morgan fingerprint density at radius 3 is 2.87 bits per heavy atom. The van der Waals surface area contributed by atoms with Gasteiger partial charge in [-0.15, -0.1) is 0 Å². The number of halogens is 1. The summed E-state index contributed by atoms with van der Waals surface area (Å²) in [6, 6.07) is 6.14. The molecule has 0 fully saturated rings. The maximum Gasteiger partial charge on any atom is 0.409 e. The van der Waals surface area contributed by atoms with Gasteiger partial charge in [-0.1, -0.05) is 12.1 Å². The lowest BCUT2D eigenvalue weighted by atomic mass is 10.2. The molecule has 82 valence electrons. The van der Waals surface area contributed by atoms with Crippen LogP contribution in [0, 0.1) is 5.82 Å². The van der Waals surface area contributed by atoms with E-state index < -0.39 is 6.09 Å². The van der Waals surface area contributed by atoms with Crippen LogP contribution in [-0.2, 0) is 11.3 Å². The topological polar surface area (TPSA) is 29.5 Å². The van der Waals surface area contributed by atoms with Crippen LogP contribution >= 0.6 is 0 Å². The second-order valence-corrected chi connectivity index (χ2v) is 3.18. The van der Waals surface area contributed by atoms with Gasteiger partial charge >= 0.3 is 6.09 Å². The molecule has 15 heavy (non-hydrogen) atoms. The number of rotatable bonds is 3. The molecule has 0 aliphatic heterocycles. The molecule has 1 aromatic carbocycles. The highest BCUT2D eigenvalue weighted by molar-refractivity contribution is 5.67. The monoisotopic (exact) mass is 211 g/mol. The number of carbonyl (C=O) groups is 1. The summed E-state index contributed by atoms with van der Waals surface area (Å²) in [7, 11) is 1.61. The fourth-order valence-corrected chi connectivity index (χ4v) is 1.21. The number of nitrogens with zero attached hydrogens (tertiary/aromatic N) is 1. The van der Waals surface area contributed by atoms with E-state index in [0.717, 1.165) is 5.56 Å². The summed E-state index contributed by atoms with van der Waals surface area (Å²) in [5.74, 6) is -0.301. The molecule has 0 saturated heterocycles. The third kappa shape index (κ3) is 3.58. The standard InChI is InChI=1S/C11H14FNO2/c1-3-15-11(14)13(2)8-9-5-4-6-10(12)7-9/h4-7H,3,8H2,1-2H3. The zero-order chi connectivity index (χ0) is 11.3. The van der Waals surface area contributed by atoms with E-state index in [9.17, 15) is 9.18 Å². The molecule has 0 heterocycles. The van der Waals surface area contributed by atoms with Crippen molar-refractivity contribution in [3.8, 4) is 0 Å². The number of benzene rings is 1. The minimum absolute atomic E-state index is 0.301. The highest BCUT2D eigenvalue weighted by atomic mass is 19.1. The predicted molar refractivity (Wildman–Crippen MR) is 54.9 cm³/mol. The van der Waals surface area contributed by atoms with Crippen LogP contribution in [0.3, 0.4) is 0 Å². The molecule has 0 spiro atoms. The highest BCUT2D eigenvalue weighted by Crippen LogP contribution is 2.06. The molecule has 0 N–H and O–H groups in total. The lowest BCUT2D eigenvalue weighted by Gasteiger charge is -2.16. The van der Waals surface area contributed by atoms with E-state index in [4.69, 9.17) is 4.74 Å². The van der Waals surface area contributed by atoms with Gasteiger partial charge in [-0.3, -0.25) is 0 Å². The van der Waals surface area contributed by atoms with Crippen LogP contribution in [0.2, 0.25) is 0 Å². The van der Waals surface area contributed by atoms with Crippen molar-refractivity contribution in [1.29, 1.82) is 0 Å². The highest BCUT2D eigenvalue weighted by Gasteiger charge is 2.09. The van der Waals surface area contributed by atoms with Gasteiger partial charge < -0.3 is 9.64 Å². The predicted octanol–water partition coefficient (Wildman–Crippen LogP) is 2.41. The first-order chi connectivity index (χ1) is 7.13. The van der Waals surface area contributed by atoms with E-state index in [-0.39, 0.29) is 5.82 Å². The quantitative estimate of drug-likeness (QED) is 0.768. The summed E-state index contributed by atoms with van der Waals surface area (Å²) in [5, 5.41) is 0. The number of hydrogen-bond donors (Lipinski definition) is 0. The molecule has 1 amide bonds. The second kappa shape index (κ2) is 5.34. The molecular formula is C11H14FNO2. The normalized spacial score (nSPS) is 9.80. The Kier molecular flexibility index (Phi) is 4.09. The van der Waals surface area contributed by atoms with Gasteiger partial charge in [0.25, 0.3) is 0 Å². The summed E-state index contributed by atoms with van der Waals surface area (Å²) >= 11 is 0. The maximum absolute atomic E-state index is 12.8. The summed E-state index contributed by atoms with van der Waals surface area (Å²) in [6.07, 6.45) is -0.401. The largest absolute Gasteiger partial charge is 0.450 e. The van der Waals surface area contributed by atoms with E-state index >= 15 is 0 Å². The lowest BCUT2D eigenvalue weighted by molar-refractivity contribution is 0.114. The number of amides is 1. The van der Waals surface area contributed by atoms with Crippen molar-refractivity contribution in [3.63, 3.8) is 0 Å². The Hall–Kier alpha value is -1.58. The molecule has 3 nitrogen and oxygen atoms in total. The third-order valence-corrected chi connectivity index (χ3v) is 1.89. The fraction of sp³-hybridized carbons (Fsp3) is 0.364. The minimum atomic E-state index is -0.401. The first-order valence-electron chi connectivity index (χ1n) is 4.75. The molecule has 4 heteroatoms. The van der Waals surface area contributed by atoms with E-state index in [1.807, 2.05) is 0 Å².